The Bertz CT molecular complexity index is 376. The van der Waals surface area contributed by atoms with E-state index in [1.165, 1.54) is 5.56 Å². The molecule has 1 aromatic heterocycles. The van der Waals surface area contributed by atoms with Gasteiger partial charge in [-0.2, -0.15) is 0 Å². The fraction of sp³-hybridized carbons (Fsp3) is 0.692. The summed E-state index contributed by atoms with van der Waals surface area (Å²) in [7, 11) is 0. The third-order valence-electron chi connectivity index (χ3n) is 2.58. The van der Waals surface area contributed by atoms with E-state index in [9.17, 15) is 0 Å². The highest BCUT2D eigenvalue weighted by Gasteiger charge is 2.08. The minimum Gasteiger partial charge on any atom is -0.361 e. The zero-order chi connectivity index (χ0) is 13.5. The third-order valence-corrected chi connectivity index (χ3v) is 2.58. The molecule has 18 heavy (non-hydrogen) atoms. The van der Waals surface area contributed by atoms with Crippen molar-refractivity contribution in [1.82, 2.24) is 15.8 Å². The van der Waals surface area contributed by atoms with Crippen LogP contribution >= 0.6 is 0 Å². The van der Waals surface area contributed by atoms with Gasteiger partial charge in [0.25, 0.3) is 0 Å². The van der Waals surface area contributed by atoms with Crippen LogP contribution in [0.2, 0.25) is 0 Å². The van der Waals surface area contributed by atoms with Crippen molar-refractivity contribution in [2.24, 2.45) is 4.99 Å². The first-order valence-corrected chi connectivity index (χ1v) is 6.51. The van der Waals surface area contributed by atoms with Crippen LogP contribution in [-0.2, 0) is 6.42 Å². The largest absolute Gasteiger partial charge is 0.361 e. The van der Waals surface area contributed by atoms with E-state index in [-0.39, 0.29) is 0 Å². The summed E-state index contributed by atoms with van der Waals surface area (Å²) in [5.41, 5.74) is 2.13. The highest BCUT2D eigenvalue weighted by atomic mass is 16.5. The van der Waals surface area contributed by atoms with E-state index in [4.69, 9.17) is 4.52 Å². The maximum Gasteiger partial charge on any atom is 0.191 e. The lowest BCUT2D eigenvalue weighted by Crippen LogP contribution is -2.41. The van der Waals surface area contributed by atoms with Gasteiger partial charge >= 0.3 is 0 Å². The third kappa shape index (κ3) is 4.39. The van der Waals surface area contributed by atoms with E-state index in [2.05, 4.69) is 41.6 Å². The average Bonchev–Trinajstić information content (AvgIpc) is 2.60. The number of rotatable bonds is 5. The van der Waals surface area contributed by atoms with Crippen molar-refractivity contribution < 1.29 is 4.52 Å². The standard InChI is InChI=1S/C13H24N4O/c1-6-14-13(16-9(2)3)15-8-7-12-10(4)17-18-11(12)5/h9H,6-8H2,1-5H3,(H2,14,15,16). The first-order chi connectivity index (χ1) is 8.54. The van der Waals surface area contributed by atoms with Crippen molar-refractivity contribution in [3.63, 3.8) is 0 Å². The Balaban J connectivity index is 2.55. The molecule has 0 radical (unpaired) electrons. The monoisotopic (exact) mass is 252 g/mol. The van der Waals surface area contributed by atoms with E-state index in [0.717, 1.165) is 36.9 Å². The molecule has 0 unspecified atom stereocenters. The predicted octanol–water partition coefficient (Wildman–Crippen LogP) is 1.80. The lowest BCUT2D eigenvalue weighted by atomic mass is 10.1. The van der Waals surface area contributed by atoms with Crippen molar-refractivity contribution in [2.45, 2.75) is 47.1 Å². The summed E-state index contributed by atoms with van der Waals surface area (Å²) in [5, 5.41) is 10.5. The highest BCUT2D eigenvalue weighted by Crippen LogP contribution is 2.12. The van der Waals surface area contributed by atoms with Gasteiger partial charge in [0.1, 0.15) is 5.76 Å². The second-order valence-corrected chi connectivity index (χ2v) is 4.61. The van der Waals surface area contributed by atoms with E-state index in [1.54, 1.807) is 0 Å². The van der Waals surface area contributed by atoms with Crippen LogP contribution in [0.4, 0.5) is 0 Å². The summed E-state index contributed by atoms with van der Waals surface area (Å²) >= 11 is 0. The smallest absolute Gasteiger partial charge is 0.191 e. The minimum atomic E-state index is 0.377. The summed E-state index contributed by atoms with van der Waals surface area (Å²) in [5.74, 6) is 1.75. The van der Waals surface area contributed by atoms with Gasteiger partial charge < -0.3 is 15.2 Å². The summed E-state index contributed by atoms with van der Waals surface area (Å²) in [4.78, 5) is 4.54. The molecule has 0 amide bonds. The molecule has 0 aliphatic heterocycles. The van der Waals surface area contributed by atoms with Crippen molar-refractivity contribution in [1.29, 1.82) is 0 Å². The van der Waals surface area contributed by atoms with Crippen molar-refractivity contribution in [2.75, 3.05) is 13.1 Å². The molecular weight excluding hydrogens is 228 g/mol. The van der Waals surface area contributed by atoms with E-state index >= 15 is 0 Å². The highest BCUT2D eigenvalue weighted by molar-refractivity contribution is 5.79. The minimum absolute atomic E-state index is 0.377. The average molecular weight is 252 g/mol. The lowest BCUT2D eigenvalue weighted by molar-refractivity contribution is 0.392. The van der Waals surface area contributed by atoms with E-state index in [0.29, 0.717) is 6.04 Å². The number of nitrogens with one attached hydrogen (secondary N) is 2. The van der Waals surface area contributed by atoms with Crippen molar-refractivity contribution in [3.05, 3.63) is 17.0 Å². The first-order valence-electron chi connectivity index (χ1n) is 6.51. The Morgan fingerprint density at radius 3 is 2.61 bits per heavy atom. The molecule has 0 bridgehead atoms. The molecule has 0 fully saturated rings. The van der Waals surface area contributed by atoms with Gasteiger partial charge in [0, 0.05) is 24.7 Å². The second kappa shape index (κ2) is 7.03. The summed E-state index contributed by atoms with van der Waals surface area (Å²) < 4.78 is 5.14. The first kappa shape index (κ1) is 14.5. The molecule has 5 nitrogen and oxygen atoms in total. The van der Waals surface area contributed by atoms with Gasteiger partial charge in [0.2, 0.25) is 0 Å². The second-order valence-electron chi connectivity index (χ2n) is 4.61. The molecule has 0 spiro atoms. The number of nitrogens with zero attached hydrogens (tertiary/aromatic N) is 2. The number of aliphatic imine (C=N–C) groups is 1. The quantitative estimate of drug-likeness (QED) is 0.619. The fourth-order valence-corrected chi connectivity index (χ4v) is 1.73. The number of aryl methyl sites for hydroxylation is 2. The Kier molecular flexibility index (Phi) is 5.68. The fourth-order valence-electron chi connectivity index (χ4n) is 1.73. The lowest BCUT2D eigenvalue weighted by Gasteiger charge is -2.13. The van der Waals surface area contributed by atoms with Gasteiger partial charge in [-0.25, -0.2) is 0 Å². The normalized spacial score (nSPS) is 12.0. The Hall–Kier alpha value is -1.52. The van der Waals surface area contributed by atoms with Crippen LogP contribution < -0.4 is 10.6 Å². The van der Waals surface area contributed by atoms with Gasteiger partial charge in [0.05, 0.1) is 5.69 Å². The van der Waals surface area contributed by atoms with Gasteiger partial charge in [0.15, 0.2) is 5.96 Å². The molecule has 0 atom stereocenters. The topological polar surface area (TPSA) is 62.5 Å². The molecule has 0 aliphatic rings. The number of hydrogen-bond donors (Lipinski definition) is 2. The van der Waals surface area contributed by atoms with E-state index < -0.39 is 0 Å². The zero-order valence-corrected chi connectivity index (χ0v) is 12.0. The van der Waals surface area contributed by atoms with Crippen LogP contribution in [0, 0.1) is 13.8 Å². The summed E-state index contributed by atoms with van der Waals surface area (Å²) in [6, 6.07) is 0.377. The SMILES string of the molecule is CCNC(=NCCc1c(C)noc1C)NC(C)C. The molecule has 1 heterocycles. The Morgan fingerprint density at radius 2 is 2.11 bits per heavy atom. The van der Waals surface area contributed by atoms with Crippen LogP contribution in [0.15, 0.2) is 9.52 Å². The van der Waals surface area contributed by atoms with E-state index in [1.807, 2.05) is 13.8 Å². The Labute approximate surface area is 109 Å². The Morgan fingerprint density at radius 1 is 1.39 bits per heavy atom. The van der Waals surface area contributed by atoms with Gasteiger partial charge in [-0.15, -0.1) is 0 Å². The van der Waals surface area contributed by atoms with Crippen molar-refractivity contribution >= 4 is 5.96 Å². The molecule has 0 saturated heterocycles. The maximum atomic E-state index is 5.14. The number of aromatic nitrogens is 1. The van der Waals surface area contributed by atoms with Crippen LogP contribution in [0.1, 0.15) is 37.8 Å². The molecule has 0 saturated carbocycles. The van der Waals surface area contributed by atoms with Crippen molar-refractivity contribution in [3.8, 4) is 0 Å². The molecule has 102 valence electrons. The molecule has 1 aromatic rings. The molecule has 2 N–H and O–H groups in total. The van der Waals surface area contributed by atoms with Crippen LogP contribution in [0.3, 0.4) is 0 Å². The molecular formula is C13H24N4O. The predicted molar refractivity (Wildman–Crippen MR) is 73.9 cm³/mol. The summed E-state index contributed by atoms with van der Waals surface area (Å²) in [6.45, 7) is 11.8. The van der Waals surface area contributed by atoms with Gasteiger partial charge in [-0.3, -0.25) is 4.99 Å². The number of guanidine groups is 1. The molecule has 5 heteroatoms. The maximum absolute atomic E-state index is 5.14. The molecule has 1 rings (SSSR count). The van der Waals surface area contributed by atoms with Gasteiger partial charge in [-0.05, 0) is 41.0 Å². The molecule has 0 aromatic carbocycles. The van der Waals surface area contributed by atoms with Crippen LogP contribution in [-0.4, -0.2) is 30.2 Å². The zero-order valence-electron chi connectivity index (χ0n) is 12.0. The van der Waals surface area contributed by atoms with Gasteiger partial charge in [-0.1, -0.05) is 5.16 Å². The molecule has 0 aliphatic carbocycles. The van der Waals surface area contributed by atoms with Crippen LogP contribution in [0.5, 0.6) is 0 Å². The van der Waals surface area contributed by atoms with Crippen LogP contribution in [0.25, 0.3) is 0 Å². The summed E-state index contributed by atoms with van der Waals surface area (Å²) in [6.07, 6.45) is 0.857. The number of hydrogen-bond acceptors (Lipinski definition) is 3.